The molecule has 1 saturated heterocycles. The van der Waals surface area contributed by atoms with Gasteiger partial charge in [-0.05, 0) is 42.2 Å². The Morgan fingerprint density at radius 1 is 1.15 bits per heavy atom. The lowest BCUT2D eigenvalue weighted by Crippen LogP contribution is -2.52. The van der Waals surface area contributed by atoms with Gasteiger partial charge in [-0.15, -0.1) is 0 Å². The number of β-amino-alcohol motifs (C(OH)–C–C–N with tert-alkyl or cyclic N) is 1. The predicted octanol–water partition coefficient (Wildman–Crippen LogP) is 6.15. The van der Waals surface area contributed by atoms with Crippen molar-refractivity contribution in [2.24, 2.45) is 5.41 Å². The Morgan fingerprint density at radius 2 is 1.96 bits per heavy atom. The maximum absolute atomic E-state index is 12.1. The number of carboxylic acid groups (broad SMARTS) is 1. The highest BCUT2D eigenvalue weighted by molar-refractivity contribution is 6.32. The van der Waals surface area contributed by atoms with Crippen LogP contribution < -0.4 is 9.47 Å². The van der Waals surface area contributed by atoms with Gasteiger partial charge in [-0.2, -0.15) is 5.26 Å². The molecular formula is C36H38ClN3O6. The molecule has 0 radical (unpaired) electrons. The van der Waals surface area contributed by atoms with E-state index in [9.17, 15) is 20.3 Å². The van der Waals surface area contributed by atoms with E-state index < -0.39 is 17.0 Å². The van der Waals surface area contributed by atoms with Gasteiger partial charge in [0.15, 0.2) is 0 Å². The van der Waals surface area contributed by atoms with E-state index in [2.05, 4.69) is 41.9 Å². The molecule has 1 aliphatic heterocycles. The van der Waals surface area contributed by atoms with Crippen LogP contribution in [0.5, 0.6) is 11.5 Å². The summed E-state index contributed by atoms with van der Waals surface area (Å²) in [5.74, 6) is -0.883. The maximum atomic E-state index is 12.1. The van der Waals surface area contributed by atoms with Crippen molar-refractivity contribution in [3.8, 4) is 17.6 Å². The second-order valence-electron chi connectivity index (χ2n) is 12.1. The minimum Gasteiger partial charge on any atom is -0.488 e. The maximum Gasteiger partial charge on any atom is 0.339 e. The summed E-state index contributed by atoms with van der Waals surface area (Å²) in [6.45, 7) is 7.16. The second-order valence-corrected chi connectivity index (χ2v) is 12.5. The Hall–Kier alpha value is -4.20. The average Bonchev–Trinajstić information content (AvgIpc) is 3.47. The van der Waals surface area contributed by atoms with Crippen LogP contribution in [-0.4, -0.2) is 70.6 Å². The summed E-state index contributed by atoms with van der Waals surface area (Å²) < 4.78 is 19.1. The van der Waals surface area contributed by atoms with E-state index in [-0.39, 0.29) is 41.4 Å². The van der Waals surface area contributed by atoms with Gasteiger partial charge in [0, 0.05) is 55.7 Å². The zero-order valence-electron chi connectivity index (χ0n) is 26.0. The largest absolute Gasteiger partial charge is 0.488 e. The SMILES string of the molecule is CC1(C)C(c2ccccc2)=CC=C[C@@]1(COc1cc(OCc2cncc(C#N)c2)c(C(=O)O)cc1Cl)OCCCN1CCC(O)C1. The summed E-state index contributed by atoms with van der Waals surface area (Å²) in [5, 5.41) is 29.1. The van der Waals surface area contributed by atoms with E-state index in [1.54, 1.807) is 12.3 Å². The van der Waals surface area contributed by atoms with Gasteiger partial charge in [0.1, 0.15) is 41.9 Å². The highest BCUT2D eigenvalue weighted by atomic mass is 35.5. The zero-order valence-corrected chi connectivity index (χ0v) is 26.7. The van der Waals surface area contributed by atoms with E-state index in [0.29, 0.717) is 24.3 Å². The van der Waals surface area contributed by atoms with Crippen molar-refractivity contribution in [3.05, 3.63) is 106 Å². The fourth-order valence-corrected chi connectivity index (χ4v) is 6.20. The molecule has 5 rings (SSSR count). The van der Waals surface area contributed by atoms with Crippen LogP contribution in [0.2, 0.25) is 5.02 Å². The Labute approximate surface area is 274 Å². The summed E-state index contributed by atoms with van der Waals surface area (Å²) in [4.78, 5) is 18.4. The first-order valence-electron chi connectivity index (χ1n) is 15.3. The first-order chi connectivity index (χ1) is 22.1. The van der Waals surface area contributed by atoms with Gasteiger partial charge in [-0.1, -0.05) is 67.9 Å². The number of benzene rings is 2. The number of nitrogens with zero attached hydrogens (tertiary/aromatic N) is 3. The molecule has 46 heavy (non-hydrogen) atoms. The molecule has 2 aromatic carbocycles. The van der Waals surface area contributed by atoms with Crippen molar-refractivity contribution < 1.29 is 29.2 Å². The molecule has 0 amide bonds. The normalized spacial score (nSPS) is 20.6. The van der Waals surface area contributed by atoms with Gasteiger partial charge in [0.25, 0.3) is 0 Å². The molecule has 3 aromatic rings. The third-order valence-corrected chi connectivity index (χ3v) is 8.99. The van der Waals surface area contributed by atoms with E-state index in [1.165, 1.54) is 18.3 Å². The third-order valence-electron chi connectivity index (χ3n) is 8.70. The summed E-state index contributed by atoms with van der Waals surface area (Å²) in [6.07, 6.45) is 10.4. The third kappa shape index (κ3) is 7.43. The van der Waals surface area contributed by atoms with Crippen LogP contribution in [0.3, 0.4) is 0 Å². The van der Waals surface area contributed by atoms with Gasteiger partial charge in [-0.25, -0.2) is 4.79 Å². The van der Waals surface area contributed by atoms with Crippen molar-refractivity contribution in [3.63, 3.8) is 0 Å². The number of likely N-dealkylation sites (tertiary alicyclic amines) is 1. The Kier molecular flexibility index (Phi) is 10.4. The summed E-state index contributed by atoms with van der Waals surface area (Å²) in [6, 6.07) is 16.6. The molecule has 1 unspecified atom stereocenters. The number of nitriles is 1. The fraction of sp³-hybridized carbons (Fsp3) is 0.361. The molecule has 2 aliphatic rings. The number of carboxylic acids is 1. The van der Waals surface area contributed by atoms with Gasteiger partial charge in [0.05, 0.1) is 16.7 Å². The number of halogens is 1. The Balaban J connectivity index is 1.39. The van der Waals surface area contributed by atoms with Crippen LogP contribution in [0.25, 0.3) is 5.57 Å². The lowest BCUT2D eigenvalue weighted by atomic mass is 9.65. The van der Waals surface area contributed by atoms with E-state index in [0.717, 1.165) is 37.1 Å². The van der Waals surface area contributed by atoms with Crippen molar-refractivity contribution in [1.82, 2.24) is 9.88 Å². The van der Waals surface area contributed by atoms with Gasteiger partial charge in [-0.3, -0.25) is 4.98 Å². The Bertz CT molecular complexity index is 1650. The van der Waals surface area contributed by atoms with Crippen LogP contribution in [0.1, 0.15) is 53.7 Å². The molecule has 1 aliphatic carbocycles. The first kappa shape index (κ1) is 33.2. The topological polar surface area (TPSA) is 125 Å². The number of aliphatic hydroxyl groups excluding tert-OH is 1. The molecule has 1 aromatic heterocycles. The number of allylic oxidation sites excluding steroid dienone is 2. The van der Waals surface area contributed by atoms with Gasteiger partial charge >= 0.3 is 5.97 Å². The Morgan fingerprint density at radius 3 is 2.67 bits per heavy atom. The number of hydrogen-bond donors (Lipinski definition) is 2. The summed E-state index contributed by atoms with van der Waals surface area (Å²) >= 11 is 6.59. The van der Waals surface area contributed by atoms with E-state index >= 15 is 0 Å². The average molecular weight is 644 g/mol. The molecule has 9 nitrogen and oxygen atoms in total. The van der Waals surface area contributed by atoms with Crippen LogP contribution in [0.15, 0.2) is 79.2 Å². The molecule has 2 heterocycles. The minimum absolute atomic E-state index is 0.00797. The smallest absolute Gasteiger partial charge is 0.339 e. The van der Waals surface area contributed by atoms with Gasteiger partial charge in [0.2, 0.25) is 0 Å². The lowest BCUT2D eigenvalue weighted by molar-refractivity contribution is -0.0926. The highest BCUT2D eigenvalue weighted by Crippen LogP contribution is 2.49. The molecular weight excluding hydrogens is 606 g/mol. The monoisotopic (exact) mass is 643 g/mol. The van der Waals surface area contributed by atoms with Crippen LogP contribution in [-0.2, 0) is 11.3 Å². The number of aliphatic hydroxyl groups is 1. The van der Waals surface area contributed by atoms with Crippen LogP contribution in [0, 0.1) is 16.7 Å². The molecule has 2 atom stereocenters. The molecule has 2 N–H and O–H groups in total. The van der Waals surface area contributed by atoms with Crippen LogP contribution in [0.4, 0.5) is 0 Å². The molecule has 10 heteroatoms. The number of aromatic carboxylic acids is 1. The van der Waals surface area contributed by atoms with Crippen molar-refractivity contribution in [1.29, 1.82) is 5.26 Å². The summed E-state index contributed by atoms with van der Waals surface area (Å²) in [7, 11) is 0. The number of carbonyl (C=O) groups is 1. The highest BCUT2D eigenvalue weighted by Gasteiger charge is 2.49. The fourth-order valence-electron chi connectivity index (χ4n) is 5.98. The minimum atomic E-state index is -1.20. The number of ether oxygens (including phenoxy) is 3. The van der Waals surface area contributed by atoms with Gasteiger partial charge < -0.3 is 29.3 Å². The molecule has 0 saturated carbocycles. The van der Waals surface area contributed by atoms with Crippen LogP contribution >= 0.6 is 11.6 Å². The molecule has 240 valence electrons. The molecule has 0 bridgehead atoms. The summed E-state index contributed by atoms with van der Waals surface area (Å²) in [5.41, 5.74) is 1.58. The number of pyridine rings is 1. The number of rotatable bonds is 13. The molecule has 0 spiro atoms. The van der Waals surface area contributed by atoms with E-state index in [4.69, 9.17) is 25.8 Å². The molecule has 1 fully saturated rings. The standard InChI is InChI=1S/C36H38ClN3O6/c1-35(2)30(27-8-4-3-5-9-27)10-6-12-36(35,46-15-7-13-40-14-11-28(41)22-40)24-45-33-18-32(29(34(42)43)17-31(33)37)44-23-26-16-25(19-38)20-39-21-26/h3-6,8-10,12,16-18,20-21,28,41H,7,11,13-15,22-24H2,1-2H3,(H,42,43)/t28?,36-/m0/s1. The predicted molar refractivity (Wildman–Crippen MR) is 175 cm³/mol. The van der Waals surface area contributed by atoms with E-state index in [1.807, 2.05) is 36.4 Å². The zero-order chi connectivity index (χ0) is 32.7. The first-order valence-corrected chi connectivity index (χ1v) is 15.7. The van der Waals surface area contributed by atoms with Crippen molar-refractivity contribution in [2.75, 3.05) is 32.8 Å². The van der Waals surface area contributed by atoms with Crippen molar-refractivity contribution >= 4 is 23.1 Å². The number of hydrogen-bond acceptors (Lipinski definition) is 8. The van der Waals surface area contributed by atoms with Crippen molar-refractivity contribution in [2.45, 2.75) is 45.0 Å². The lowest BCUT2D eigenvalue weighted by Gasteiger charge is -2.47. The quantitative estimate of drug-likeness (QED) is 0.211. The number of aromatic nitrogens is 1. The second kappa shape index (κ2) is 14.5.